The van der Waals surface area contributed by atoms with Gasteiger partial charge in [-0.3, -0.25) is 0 Å². The predicted molar refractivity (Wildman–Crippen MR) is 75.2 cm³/mol. The molecule has 0 radical (unpaired) electrons. The standard InChI is InChI=1S/C16H30O2.Li/c1-2-3-4-5-6-7-8-9-10-11-12-13-14-15-16(17)18;/h7-8H,2-6,9-15H2,1H3,(H,17,18);/q;+1/p-1/b8-7-;. The van der Waals surface area contributed by atoms with Crippen LogP contribution in [0.15, 0.2) is 12.2 Å². The Labute approximate surface area is 131 Å². The molecule has 0 unspecified atom stereocenters. The topological polar surface area (TPSA) is 40.1 Å². The molecule has 0 aliphatic rings. The number of carbonyl (C=O) groups is 1. The zero-order chi connectivity index (χ0) is 13.5. The van der Waals surface area contributed by atoms with Gasteiger partial charge in [-0.15, -0.1) is 0 Å². The SMILES string of the molecule is CCCCCC/C=C\CCCCCCCC(=O)[O-].[Li+]. The molecule has 0 aromatic heterocycles. The van der Waals surface area contributed by atoms with Crippen molar-refractivity contribution >= 4 is 5.97 Å². The number of carboxylic acids is 1. The van der Waals surface area contributed by atoms with E-state index in [4.69, 9.17) is 0 Å². The maximum Gasteiger partial charge on any atom is 1.00 e. The van der Waals surface area contributed by atoms with Crippen LogP contribution >= 0.6 is 0 Å². The van der Waals surface area contributed by atoms with E-state index < -0.39 is 5.97 Å². The van der Waals surface area contributed by atoms with E-state index in [9.17, 15) is 9.90 Å². The van der Waals surface area contributed by atoms with Gasteiger partial charge in [0.25, 0.3) is 0 Å². The summed E-state index contributed by atoms with van der Waals surface area (Å²) in [4.78, 5) is 10.2. The van der Waals surface area contributed by atoms with E-state index in [0.717, 1.165) is 19.3 Å². The first-order valence-corrected chi connectivity index (χ1v) is 7.62. The quantitative estimate of drug-likeness (QED) is 0.281. The molecule has 0 amide bonds. The summed E-state index contributed by atoms with van der Waals surface area (Å²) >= 11 is 0. The van der Waals surface area contributed by atoms with Crippen molar-refractivity contribution in [2.24, 2.45) is 0 Å². The summed E-state index contributed by atoms with van der Waals surface area (Å²) in [6.07, 6.45) is 18.0. The maximum atomic E-state index is 10.2. The van der Waals surface area contributed by atoms with Gasteiger partial charge in [0.05, 0.1) is 0 Å². The van der Waals surface area contributed by atoms with Gasteiger partial charge in [-0.05, 0) is 38.5 Å². The minimum atomic E-state index is -0.916. The van der Waals surface area contributed by atoms with E-state index in [1.807, 2.05) is 0 Å². The molecule has 0 aliphatic heterocycles. The first kappa shape index (κ1) is 21.1. The van der Waals surface area contributed by atoms with Crippen molar-refractivity contribution in [3.63, 3.8) is 0 Å². The van der Waals surface area contributed by atoms with Crippen LogP contribution in [0.4, 0.5) is 0 Å². The molecule has 0 saturated heterocycles. The van der Waals surface area contributed by atoms with Gasteiger partial charge >= 0.3 is 18.9 Å². The predicted octanol–water partition coefficient (Wildman–Crippen LogP) is 0.998. The van der Waals surface area contributed by atoms with Crippen LogP contribution in [-0.4, -0.2) is 5.97 Å². The Morgan fingerprint density at radius 1 is 0.842 bits per heavy atom. The second kappa shape index (κ2) is 17.8. The average Bonchev–Trinajstić information content (AvgIpc) is 2.34. The van der Waals surface area contributed by atoms with Gasteiger partial charge in [0.2, 0.25) is 0 Å². The van der Waals surface area contributed by atoms with Crippen LogP contribution in [-0.2, 0) is 4.79 Å². The Hall–Kier alpha value is -0.193. The first-order valence-electron chi connectivity index (χ1n) is 7.62. The number of rotatable bonds is 13. The van der Waals surface area contributed by atoms with E-state index in [1.165, 1.54) is 51.4 Å². The van der Waals surface area contributed by atoms with Crippen molar-refractivity contribution in [1.82, 2.24) is 0 Å². The molecule has 0 heterocycles. The van der Waals surface area contributed by atoms with Crippen LogP contribution in [0.2, 0.25) is 0 Å². The third kappa shape index (κ3) is 20.3. The van der Waals surface area contributed by atoms with Crippen LogP contribution in [0.5, 0.6) is 0 Å². The molecule has 0 aromatic rings. The second-order valence-electron chi connectivity index (χ2n) is 5.00. The maximum absolute atomic E-state index is 10.2. The number of carbonyl (C=O) groups excluding carboxylic acids is 1. The molecule has 0 bridgehead atoms. The van der Waals surface area contributed by atoms with Crippen LogP contribution in [0.1, 0.15) is 84.0 Å². The Balaban J connectivity index is 0. The summed E-state index contributed by atoms with van der Waals surface area (Å²) in [5.74, 6) is -0.916. The molecule has 0 spiro atoms. The molecule has 106 valence electrons. The molecular weight excluding hydrogens is 231 g/mol. The zero-order valence-corrected chi connectivity index (χ0v) is 13.0. The summed E-state index contributed by atoms with van der Waals surface area (Å²) in [7, 11) is 0. The molecule has 3 heteroatoms. The number of hydrogen-bond donors (Lipinski definition) is 0. The Kier molecular flexibility index (Phi) is 19.8. The monoisotopic (exact) mass is 260 g/mol. The normalized spacial score (nSPS) is 10.6. The fourth-order valence-electron chi connectivity index (χ4n) is 1.99. The van der Waals surface area contributed by atoms with E-state index in [1.54, 1.807) is 0 Å². The number of aliphatic carboxylic acids is 1. The summed E-state index contributed by atoms with van der Waals surface area (Å²) < 4.78 is 0. The van der Waals surface area contributed by atoms with E-state index in [0.29, 0.717) is 0 Å². The van der Waals surface area contributed by atoms with Crippen LogP contribution in [0, 0.1) is 0 Å². The fraction of sp³-hybridized carbons (Fsp3) is 0.812. The minimum absolute atomic E-state index is 0. The van der Waals surface area contributed by atoms with Gasteiger partial charge in [0.15, 0.2) is 0 Å². The molecule has 0 atom stereocenters. The van der Waals surface area contributed by atoms with E-state index in [-0.39, 0.29) is 25.3 Å². The van der Waals surface area contributed by atoms with Crippen molar-refractivity contribution in [3.05, 3.63) is 12.2 Å². The van der Waals surface area contributed by atoms with Gasteiger partial charge in [0.1, 0.15) is 0 Å². The van der Waals surface area contributed by atoms with Crippen molar-refractivity contribution in [2.45, 2.75) is 84.0 Å². The van der Waals surface area contributed by atoms with E-state index in [2.05, 4.69) is 19.1 Å². The number of allylic oxidation sites excluding steroid dienone is 2. The van der Waals surface area contributed by atoms with Crippen molar-refractivity contribution in [3.8, 4) is 0 Å². The molecule has 2 nitrogen and oxygen atoms in total. The first-order chi connectivity index (χ1) is 8.77. The molecule has 19 heavy (non-hydrogen) atoms. The summed E-state index contributed by atoms with van der Waals surface area (Å²) in [6, 6.07) is 0. The van der Waals surface area contributed by atoms with Crippen molar-refractivity contribution in [1.29, 1.82) is 0 Å². The molecular formula is C16H29LiO2. The summed E-state index contributed by atoms with van der Waals surface area (Å²) in [6.45, 7) is 2.24. The summed E-state index contributed by atoms with van der Waals surface area (Å²) in [5.41, 5.74) is 0. The van der Waals surface area contributed by atoms with Gasteiger partial charge in [-0.2, -0.15) is 0 Å². The Bertz CT molecular complexity index is 215. The van der Waals surface area contributed by atoms with Gasteiger partial charge in [-0.25, -0.2) is 0 Å². The van der Waals surface area contributed by atoms with Crippen LogP contribution in [0.25, 0.3) is 0 Å². The third-order valence-electron chi connectivity index (χ3n) is 3.14. The minimum Gasteiger partial charge on any atom is -0.550 e. The molecule has 0 aliphatic carbocycles. The smallest absolute Gasteiger partial charge is 0.550 e. The fourth-order valence-corrected chi connectivity index (χ4v) is 1.99. The van der Waals surface area contributed by atoms with Crippen LogP contribution < -0.4 is 24.0 Å². The molecule has 0 rings (SSSR count). The Morgan fingerprint density at radius 2 is 1.32 bits per heavy atom. The van der Waals surface area contributed by atoms with Crippen molar-refractivity contribution in [2.75, 3.05) is 0 Å². The molecule has 0 fully saturated rings. The second-order valence-corrected chi connectivity index (χ2v) is 5.00. The van der Waals surface area contributed by atoms with Gasteiger partial charge in [0, 0.05) is 5.97 Å². The number of hydrogen-bond acceptors (Lipinski definition) is 2. The molecule has 0 aromatic carbocycles. The summed E-state index contributed by atoms with van der Waals surface area (Å²) in [5, 5.41) is 10.2. The molecule has 0 saturated carbocycles. The largest absolute Gasteiger partial charge is 1.00 e. The van der Waals surface area contributed by atoms with Gasteiger partial charge < -0.3 is 9.90 Å². The van der Waals surface area contributed by atoms with Gasteiger partial charge in [-0.1, -0.05) is 57.6 Å². The third-order valence-corrected chi connectivity index (χ3v) is 3.14. The van der Waals surface area contributed by atoms with Crippen molar-refractivity contribution < 1.29 is 28.8 Å². The molecule has 0 N–H and O–H groups in total. The number of carboxylic acid groups (broad SMARTS) is 1. The van der Waals surface area contributed by atoms with Crippen LogP contribution in [0.3, 0.4) is 0 Å². The average molecular weight is 260 g/mol. The zero-order valence-electron chi connectivity index (χ0n) is 13.0. The Morgan fingerprint density at radius 3 is 1.84 bits per heavy atom. The van der Waals surface area contributed by atoms with E-state index >= 15 is 0 Å². The number of unbranched alkanes of at least 4 members (excludes halogenated alkanes) is 9.